The van der Waals surface area contributed by atoms with Crippen molar-refractivity contribution in [1.29, 1.82) is 0 Å². The van der Waals surface area contributed by atoms with Gasteiger partial charge in [-0.2, -0.15) is 0 Å². The van der Waals surface area contributed by atoms with Gasteiger partial charge in [0.05, 0.1) is 6.04 Å². The van der Waals surface area contributed by atoms with Gasteiger partial charge in [0, 0.05) is 18.5 Å². The summed E-state index contributed by atoms with van der Waals surface area (Å²) >= 11 is 0. The van der Waals surface area contributed by atoms with Gasteiger partial charge >= 0.3 is 0 Å². The van der Waals surface area contributed by atoms with E-state index in [1.807, 2.05) is 6.07 Å². The average molecular weight is 430 g/mol. The fourth-order valence-electron chi connectivity index (χ4n) is 5.14. The SMILES string of the molecule is CCN(CC)C(CNC(=O)C1CC2CCCC(C1)C2N)c1ccccc1.Cl.Cl. The van der Waals surface area contributed by atoms with Gasteiger partial charge in [-0.15, -0.1) is 24.8 Å². The number of nitrogens with zero attached hydrogens (tertiary/aromatic N) is 1. The Bertz CT molecular complexity index is 568. The van der Waals surface area contributed by atoms with Crippen molar-refractivity contribution >= 4 is 30.7 Å². The molecule has 3 atom stereocenters. The minimum atomic E-state index is 0. The van der Waals surface area contributed by atoms with Crippen LogP contribution in [0.5, 0.6) is 0 Å². The maximum absolute atomic E-state index is 12.9. The monoisotopic (exact) mass is 429 g/mol. The van der Waals surface area contributed by atoms with Crippen LogP contribution in [0.2, 0.25) is 0 Å². The third-order valence-electron chi connectivity index (χ3n) is 6.69. The zero-order chi connectivity index (χ0) is 18.5. The van der Waals surface area contributed by atoms with Crippen molar-refractivity contribution in [3.05, 3.63) is 35.9 Å². The summed E-state index contributed by atoms with van der Waals surface area (Å²) in [6, 6.07) is 11.1. The number of hydrogen-bond donors (Lipinski definition) is 2. The molecular formula is C22H37Cl2N3O. The second kappa shape index (κ2) is 12.0. The van der Waals surface area contributed by atoms with E-state index in [0.717, 1.165) is 25.9 Å². The predicted molar refractivity (Wildman–Crippen MR) is 121 cm³/mol. The van der Waals surface area contributed by atoms with E-state index in [2.05, 4.69) is 48.3 Å². The highest BCUT2D eigenvalue weighted by molar-refractivity contribution is 5.85. The smallest absolute Gasteiger partial charge is 0.223 e. The molecule has 1 aromatic carbocycles. The molecule has 0 radical (unpaired) electrons. The van der Waals surface area contributed by atoms with Crippen LogP contribution in [-0.4, -0.2) is 36.5 Å². The van der Waals surface area contributed by atoms with E-state index >= 15 is 0 Å². The second-order valence-electron chi connectivity index (χ2n) is 8.09. The minimum Gasteiger partial charge on any atom is -0.354 e. The number of halogens is 2. The van der Waals surface area contributed by atoms with Gasteiger partial charge in [0.1, 0.15) is 0 Å². The van der Waals surface area contributed by atoms with Gasteiger partial charge in [0.2, 0.25) is 5.91 Å². The molecule has 2 aliphatic rings. The van der Waals surface area contributed by atoms with Crippen LogP contribution >= 0.6 is 24.8 Å². The molecule has 3 unspecified atom stereocenters. The molecule has 0 spiro atoms. The van der Waals surface area contributed by atoms with E-state index in [1.165, 1.54) is 24.8 Å². The number of nitrogens with two attached hydrogens (primary N) is 1. The first-order chi connectivity index (χ1) is 12.6. The van der Waals surface area contributed by atoms with Crippen LogP contribution in [0.15, 0.2) is 30.3 Å². The Hall–Kier alpha value is -0.810. The quantitative estimate of drug-likeness (QED) is 0.682. The summed E-state index contributed by atoms with van der Waals surface area (Å²) in [5.74, 6) is 1.48. The topological polar surface area (TPSA) is 58.4 Å². The molecule has 6 heteroatoms. The minimum absolute atomic E-state index is 0. The van der Waals surface area contributed by atoms with Gasteiger partial charge in [-0.05, 0) is 56.2 Å². The van der Waals surface area contributed by atoms with Crippen molar-refractivity contribution in [2.75, 3.05) is 19.6 Å². The molecule has 2 aliphatic carbocycles. The van der Waals surface area contributed by atoms with Crippen LogP contribution in [0.4, 0.5) is 0 Å². The lowest BCUT2D eigenvalue weighted by atomic mass is 9.65. The zero-order valence-electron chi connectivity index (χ0n) is 17.2. The fraction of sp³-hybridized carbons (Fsp3) is 0.682. The summed E-state index contributed by atoms with van der Waals surface area (Å²) in [7, 11) is 0. The highest BCUT2D eigenvalue weighted by Gasteiger charge is 2.40. The van der Waals surface area contributed by atoms with Crippen LogP contribution in [0.1, 0.15) is 57.6 Å². The van der Waals surface area contributed by atoms with E-state index in [9.17, 15) is 4.79 Å². The van der Waals surface area contributed by atoms with Crippen LogP contribution in [0, 0.1) is 17.8 Å². The van der Waals surface area contributed by atoms with Crippen molar-refractivity contribution in [3.63, 3.8) is 0 Å². The van der Waals surface area contributed by atoms with Crippen molar-refractivity contribution in [1.82, 2.24) is 10.2 Å². The summed E-state index contributed by atoms with van der Waals surface area (Å²) in [5.41, 5.74) is 7.66. The van der Waals surface area contributed by atoms with Crippen molar-refractivity contribution in [2.45, 2.75) is 58.0 Å². The van der Waals surface area contributed by atoms with Gasteiger partial charge < -0.3 is 11.1 Å². The Morgan fingerprint density at radius 2 is 1.68 bits per heavy atom. The molecule has 2 fully saturated rings. The number of carbonyl (C=O) groups is 1. The standard InChI is InChI=1S/C22H35N3O.2ClH/c1-3-25(4-2)20(16-9-6-5-7-10-16)15-24-22(26)19-13-17-11-8-12-18(14-19)21(17)23;;/h5-7,9-10,17-21H,3-4,8,11-15,23H2,1-2H3,(H,24,26);2*1H. The number of carbonyl (C=O) groups excluding carboxylic acids is 1. The van der Waals surface area contributed by atoms with Gasteiger partial charge in [0.25, 0.3) is 0 Å². The fourth-order valence-corrected chi connectivity index (χ4v) is 5.14. The number of nitrogens with one attached hydrogen (secondary N) is 1. The van der Waals surface area contributed by atoms with Crippen LogP contribution < -0.4 is 11.1 Å². The molecule has 28 heavy (non-hydrogen) atoms. The molecule has 0 saturated heterocycles. The van der Waals surface area contributed by atoms with E-state index in [0.29, 0.717) is 24.4 Å². The third-order valence-corrected chi connectivity index (χ3v) is 6.69. The second-order valence-corrected chi connectivity index (χ2v) is 8.09. The van der Waals surface area contributed by atoms with Crippen molar-refractivity contribution in [2.24, 2.45) is 23.5 Å². The largest absolute Gasteiger partial charge is 0.354 e. The Morgan fingerprint density at radius 1 is 1.11 bits per heavy atom. The number of hydrogen-bond acceptors (Lipinski definition) is 3. The first kappa shape index (κ1) is 25.2. The molecule has 0 aliphatic heterocycles. The number of rotatable bonds is 7. The predicted octanol–water partition coefficient (Wildman–Crippen LogP) is 4.18. The van der Waals surface area contributed by atoms with E-state index in [1.54, 1.807) is 0 Å². The highest BCUT2D eigenvalue weighted by Crippen LogP contribution is 2.41. The van der Waals surface area contributed by atoms with Gasteiger partial charge in [-0.3, -0.25) is 9.69 Å². The van der Waals surface area contributed by atoms with Crippen molar-refractivity contribution in [3.8, 4) is 0 Å². The summed E-state index contributed by atoms with van der Waals surface area (Å²) in [6.07, 6.45) is 5.64. The molecule has 1 amide bonds. The maximum atomic E-state index is 12.9. The molecule has 160 valence electrons. The lowest BCUT2D eigenvalue weighted by Gasteiger charge is -2.43. The molecule has 2 saturated carbocycles. The lowest BCUT2D eigenvalue weighted by Crippen LogP contribution is -2.49. The van der Waals surface area contributed by atoms with E-state index in [-0.39, 0.29) is 42.7 Å². The summed E-state index contributed by atoms with van der Waals surface area (Å²) < 4.78 is 0. The summed E-state index contributed by atoms with van der Waals surface area (Å²) in [6.45, 7) is 7.01. The molecule has 0 aromatic heterocycles. The first-order valence-electron chi connectivity index (χ1n) is 10.5. The Kier molecular flexibility index (Phi) is 10.8. The van der Waals surface area contributed by atoms with Crippen LogP contribution in [0.3, 0.4) is 0 Å². The molecule has 3 N–H and O–H groups in total. The highest BCUT2D eigenvalue weighted by atomic mass is 35.5. The van der Waals surface area contributed by atoms with Gasteiger partial charge in [-0.25, -0.2) is 0 Å². The molecule has 3 rings (SSSR count). The van der Waals surface area contributed by atoms with Gasteiger partial charge in [-0.1, -0.05) is 50.6 Å². The number of fused-ring (bicyclic) bond motifs is 2. The summed E-state index contributed by atoms with van der Waals surface area (Å²) in [5, 5.41) is 3.28. The number of amides is 1. The van der Waals surface area contributed by atoms with Crippen molar-refractivity contribution < 1.29 is 4.79 Å². The normalized spacial score (nSPS) is 27.3. The molecular weight excluding hydrogens is 393 g/mol. The maximum Gasteiger partial charge on any atom is 0.223 e. The van der Waals surface area contributed by atoms with Crippen LogP contribution in [0.25, 0.3) is 0 Å². The van der Waals surface area contributed by atoms with E-state index in [4.69, 9.17) is 5.73 Å². The molecule has 2 bridgehead atoms. The zero-order valence-corrected chi connectivity index (χ0v) is 18.8. The van der Waals surface area contributed by atoms with Crippen LogP contribution in [-0.2, 0) is 4.79 Å². The molecule has 4 nitrogen and oxygen atoms in total. The Labute approximate surface area is 182 Å². The Balaban J connectivity index is 0.00000196. The molecule has 1 aromatic rings. The number of likely N-dealkylation sites (N-methyl/N-ethyl adjacent to an activating group) is 1. The summed E-state index contributed by atoms with van der Waals surface area (Å²) in [4.78, 5) is 15.3. The molecule has 0 heterocycles. The first-order valence-corrected chi connectivity index (χ1v) is 10.5. The average Bonchev–Trinajstić information content (AvgIpc) is 2.65. The lowest BCUT2D eigenvalue weighted by molar-refractivity contribution is -0.128. The van der Waals surface area contributed by atoms with E-state index < -0.39 is 0 Å². The number of benzene rings is 1. The van der Waals surface area contributed by atoms with Gasteiger partial charge in [0.15, 0.2) is 0 Å². The third kappa shape index (κ3) is 5.85. The Morgan fingerprint density at radius 3 is 2.21 bits per heavy atom.